The van der Waals surface area contributed by atoms with E-state index >= 15 is 0 Å². The molecule has 6 nitrogen and oxygen atoms in total. The van der Waals surface area contributed by atoms with Crippen molar-refractivity contribution in [3.8, 4) is 17.2 Å². The predicted octanol–water partition coefficient (Wildman–Crippen LogP) is 6.64. The second kappa shape index (κ2) is 10.1. The summed E-state index contributed by atoms with van der Waals surface area (Å²) in [6.07, 6.45) is 3.38. The SMILES string of the molecule is COc1cc([C@@H]2c3c(C)nn(-c4ccc(C)cc4)c3NC3=CCCC(=O)[C@H]32)ccc1OCc1ccc(F)cc1. The number of allylic oxidation sites excluding steroid dienone is 2. The van der Waals surface area contributed by atoms with Crippen molar-refractivity contribution in [3.05, 3.63) is 112 Å². The number of nitrogens with one attached hydrogen (secondary N) is 1. The highest BCUT2D eigenvalue weighted by atomic mass is 19.1. The van der Waals surface area contributed by atoms with E-state index in [1.165, 1.54) is 17.7 Å². The quantitative estimate of drug-likeness (QED) is 0.307. The van der Waals surface area contributed by atoms with Gasteiger partial charge < -0.3 is 14.8 Å². The van der Waals surface area contributed by atoms with Gasteiger partial charge in [0.2, 0.25) is 0 Å². The number of hydrogen-bond donors (Lipinski definition) is 1. The van der Waals surface area contributed by atoms with Gasteiger partial charge in [-0.1, -0.05) is 42.0 Å². The second-order valence-corrected chi connectivity index (χ2v) is 10.2. The van der Waals surface area contributed by atoms with Crippen LogP contribution in [0, 0.1) is 25.6 Å². The van der Waals surface area contributed by atoms with Gasteiger partial charge in [0.1, 0.15) is 24.0 Å². The molecule has 2 heterocycles. The first kappa shape index (κ1) is 24.9. The Labute approximate surface area is 227 Å². The maximum absolute atomic E-state index is 13.4. The number of rotatable bonds is 6. The van der Waals surface area contributed by atoms with Crippen LogP contribution in [0.2, 0.25) is 0 Å². The Morgan fingerprint density at radius 2 is 1.77 bits per heavy atom. The highest BCUT2D eigenvalue weighted by Crippen LogP contribution is 2.49. The number of aryl methyl sites for hydroxylation is 2. The molecule has 0 bridgehead atoms. The first-order valence-corrected chi connectivity index (χ1v) is 13.1. The summed E-state index contributed by atoms with van der Waals surface area (Å²) in [4.78, 5) is 13.4. The van der Waals surface area contributed by atoms with Crippen LogP contribution in [-0.2, 0) is 11.4 Å². The summed E-state index contributed by atoms with van der Waals surface area (Å²) in [6, 6.07) is 20.3. The van der Waals surface area contributed by atoms with Gasteiger partial charge in [-0.3, -0.25) is 4.79 Å². The molecule has 1 N–H and O–H groups in total. The van der Waals surface area contributed by atoms with Crippen molar-refractivity contribution in [2.45, 2.75) is 39.2 Å². The first-order valence-electron chi connectivity index (χ1n) is 13.1. The molecule has 3 aromatic carbocycles. The number of methoxy groups -OCH3 is 1. The van der Waals surface area contributed by atoms with E-state index < -0.39 is 0 Å². The molecule has 0 fully saturated rings. The molecule has 198 valence electrons. The number of fused-ring (bicyclic) bond motifs is 2. The largest absolute Gasteiger partial charge is 0.493 e. The molecule has 0 saturated heterocycles. The van der Waals surface area contributed by atoms with Crippen molar-refractivity contribution < 1.29 is 18.7 Å². The molecule has 39 heavy (non-hydrogen) atoms. The summed E-state index contributed by atoms with van der Waals surface area (Å²) in [6.45, 7) is 4.34. The van der Waals surface area contributed by atoms with E-state index in [0.717, 1.165) is 46.0 Å². The average Bonchev–Trinajstić information content (AvgIpc) is 3.28. The van der Waals surface area contributed by atoms with Crippen molar-refractivity contribution in [3.63, 3.8) is 0 Å². The third kappa shape index (κ3) is 4.58. The Hall–Kier alpha value is -4.39. The van der Waals surface area contributed by atoms with Crippen LogP contribution in [0.15, 0.2) is 78.5 Å². The molecule has 0 unspecified atom stereocenters. The van der Waals surface area contributed by atoms with Crippen LogP contribution in [-0.4, -0.2) is 22.7 Å². The van der Waals surface area contributed by atoms with E-state index in [0.29, 0.717) is 17.9 Å². The molecule has 0 amide bonds. The zero-order valence-corrected chi connectivity index (χ0v) is 22.2. The molecular weight excluding hydrogens is 493 g/mol. The molecule has 4 aromatic rings. The average molecular weight is 524 g/mol. The number of halogens is 1. The van der Waals surface area contributed by atoms with Crippen LogP contribution in [0.4, 0.5) is 10.2 Å². The standard InChI is InChI=1S/C32H30FN3O3/c1-19-7-14-24(15-8-19)36-32-29(20(2)35-36)30(31-25(34-32)5-4-6-26(31)37)22-11-16-27(28(17-22)38-3)39-18-21-9-12-23(33)13-10-21/h5,7-17,30-31,34H,4,6,18H2,1-3H3/t30-,31+/m1/s1. The van der Waals surface area contributed by atoms with Gasteiger partial charge >= 0.3 is 0 Å². The minimum absolute atomic E-state index is 0.216. The van der Waals surface area contributed by atoms with Crippen molar-refractivity contribution in [2.24, 2.45) is 5.92 Å². The molecule has 6 rings (SSSR count). The van der Waals surface area contributed by atoms with Crippen molar-refractivity contribution >= 4 is 11.6 Å². The lowest BCUT2D eigenvalue weighted by Gasteiger charge is -2.37. The molecule has 7 heteroatoms. The number of hydrogen-bond acceptors (Lipinski definition) is 5. The Balaban J connectivity index is 1.41. The summed E-state index contributed by atoms with van der Waals surface area (Å²) in [7, 11) is 1.61. The zero-order chi connectivity index (χ0) is 27.1. The first-order chi connectivity index (χ1) is 18.9. The fourth-order valence-corrected chi connectivity index (χ4v) is 5.63. The fraction of sp³-hybridized carbons (Fsp3) is 0.250. The summed E-state index contributed by atoms with van der Waals surface area (Å²) >= 11 is 0. The van der Waals surface area contributed by atoms with E-state index in [4.69, 9.17) is 14.6 Å². The van der Waals surface area contributed by atoms with E-state index in [1.807, 2.05) is 29.8 Å². The van der Waals surface area contributed by atoms with Crippen LogP contribution in [0.1, 0.15) is 46.7 Å². The number of carbonyl (C=O) groups is 1. The van der Waals surface area contributed by atoms with E-state index in [2.05, 4.69) is 42.6 Å². The maximum atomic E-state index is 13.4. The molecule has 1 aliphatic heterocycles. The van der Waals surface area contributed by atoms with Gasteiger partial charge in [-0.25, -0.2) is 9.07 Å². The minimum Gasteiger partial charge on any atom is -0.493 e. The summed E-state index contributed by atoms with van der Waals surface area (Å²) in [5.74, 6) is 1.43. The number of aromatic nitrogens is 2. The highest BCUT2D eigenvalue weighted by molar-refractivity contribution is 5.89. The molecule has 2 atom stereocenters. The van der Waals surface area contributed by atoms with Crippen LogP contribution in [0.3, 0.4) is 0 Å². The number of carbonyl (C=O) groups excluding carboxylic acids is 1. The van der Waals surface area contributed by atoms with Crippen molar-refractivity contribution in [1.29, 1.82) is 0 Å². The Kier molecular flexibility index (Phi) is 6.43. The van der Waals surface area contributed by atoms with Gasteiger partial charge in [0.05, 0.1) is 24.4 Å². The molecular formula is C32H30FN3O3. The Morgan fingerprint density at radius 3 is 2.51 bits per heavy atom. The zero-order valence-electron chi connectivity index (χ0n) is 22.2. The monoisotopic (exact) mass is 523 g/mol. The molecule has 1 aliphatic carbocycles. The molecule has 0 spiro atoms. The van der Waals surface area contributed by atoms with E-state index in [9.17, 15) is 9.18 Å². The number of Topliss-reactive ketones (excluding diaryl/α,β-unsaturated/α-hetero) is 1. The lowest BCUT2D eigenvalue weighted by atomic mass is 9.71. The number of anilines is 1. The highest BCUT2D eigenvalue weighted by Gasteiger charge is 2.43. The third-order valence-electron chi connectivity index (χ3n) is 7.58. The Morgan fingerprint density at radius 1 is 1.00 bits per heavy atom. The number of ketones is 1. The molecule has 2 aliphatic rings. The van der Waals surface area contributed by atoms with Gasteiger partial charge in [-0.05, 0) is 67.8 Å². The smallest absolute Gasteiger partial charge is 0.161 e. The summed E-state index contributed by atoms with van der Waals surface area (Å²) in [5, 5.41) is 8.49. The van der Waals surface area contributed by atoms with Crippen LogP contribution < -0.4 is 14.8 Å². The lowest BCUT2D eigenvalue weighted by Crippen LogP contribution is -2.35. The summed E-state index contributed by atoms with van der Waals surface area (Å²) in [5.41, 5.74) is 6.75. The molecule has 0 radical (unpaired) electrons. The minimum atomic E-state index is -0.323. The van der Waals surface area contributed by atoms with Crippen LogP contribution in [0.25, 0.3) is 5.69 Å². The van der Waals surface area contributed by atoms with Gasteiger partial charge in [-0.2, -0.15) is 5.10 Å². The van der Waals surface area contributed by atoms with Crippen molar-refractivity contribution in [1.82, 2.24) is 9.78 Å². The molecule has 0 saturated carbocycles. The second-order valence-electron chi connectivity index (χ2n) is 10.2. The Bertz CT molecular complexity index is 1570. The number of nitrogens with zero attached hydrogens (tertiary/aromatic N) is 2. The van der Waals surface area contributed by atoms with Gasteiger partial charge in [0.15, 0.2) is 11.5 Å². The number of benzene rings is 3. The van der Waals surface area contributed by atoms with Gasteiger partial charge in [0, 0.05) is 23.6 Å². The molecule has 1 aromatic heterocycles. The topological polar surface area (TPSA) is 65.4 Å². The van der Waals surface area contributed by atoms with Crippen molar-refractivity contribution in [2.75, 3.05) is 12.4 Å². The predicted molar refractivity (Wildman–Crippen MR) is 148 cm³/mol. The van der Waals surface area contributed by atoms with Crippen LogP contribution >= 0.6 is 0 Å². The van der Waals surface area contributed by atoms with E-state index in [-0.39, 0.29) is 30.0 Å². The lowest BCUT2D eigenvalue weighted by molar-refractivity contribution is -0.122. The van der Waals surface area contributed by atoms with Gasteiger partial charge in [0.25, 0.3) is 0 Å². The number of ether oxygens (including phenoxy) is 2. The maximum Gasteiger partial charge on any atom is 0.161 e. The normalized spacial score (nSPS) is 18.1. The summed E-state index contributed by atoms with van der Waals surface area (Å²) < 4.78 is 27.0. The van der Waals surface area contributed by atoms with Gasteiger partial charge in [-0.15, -0.1) is 0 Å². The third-order valence-corrected chi connectivity index (χ3v) is 7.58. The van der Waals surface area contributed by atoms with E-state index in [1.54, 1.807) is 19.2 Å². The van der Waals surface area contributed by atoms with Crippen LogP contribution in [0.5, 0.6) is 11.5 Å². The fourth-order valence-electron chi connectivity index (χ4n) is 5.63.